The maximum absolute atomic E-state index is 12.6. The van der Waals surface area contributed by atoms with Crippen molar-refractivity contribution < 1.29 is 19.2 Å². The van der Waals surface area contributed by atoms with Crippen LogP contribution in [0, 0.1) is 5.92 Å². The van der Waals surface area contributed by atoms with Crippen molar-refractivity contribution in [2.45, 2.75) is 45.1 Å². The minimum atomic E-state index is -0.577. The van der Waals surface area contributed by atoms with E-state index in [1.54, 1.807) is 11.3 Å². The molecule has 3 rings (SSSR count). The molecule has 1 aliphatic rings. The Kier molecular flexibility index (Phi) is 7.02. The number of piperidine rings is 1. The number of nitrogens with one attached hydrogen (secondary N) is 2. The molecule has 1 fully saturated rings. The molecule has 1 aliphatic heterocycles. The van der Waals surface area contributed by atoms with Crippen LogP contribution in [-0.4, -0.2) is 49.6 Å². The van der Waals surface area contributed by atoms with Crippen molar-refractivity contribution in [2.24, 2.45) is 5.92 Å². The summed E-state index contributed by atoms with van der Waals surface area (Å²) >= 11 is 1.76. The van der Waals surface area contributed by atoms with Crippen molar-refractivity contribution in [3.63, 3.8) is 0 Å². The summed E-state index contributed by atoms with van der Waals surface area (Å²) in [6.45, 7) is 6.22. The molecule has 152 valence electrons. The summed E-state index contributed by atoms with van der Waals surface area (Å²) in [5, 5.41) is 4.07. The Hall–Kier alpha value is -1.99. The number of quaternary nitrogens is 1. The first-order valence-electron chi connectivity index (χ1n) is 10.1. The number of hydrogen-bond acceptors (Lipinski definition) is 5. The zero-order chi connectivity index (χ0) is 20.1. The van der Waals surface area contributed by atoms with E-state index in [9.17, 15) is 9.59 Å². The average molecular weight is 405 g/mol. The zero-order valence-electron chi connectivity index (χ0n) is 16.9. The van der Waals surface area contributed by atoms with E-state index in [4.69, 9.17) is 9.72 Å². The summed E-state index contributed by atoms with van der Waals surface area (Å²) in [5.41, 5.74) is 1.06. The van der Waals surface area contributed by atoms with Gasteiger partial charge in [0.2, 0.25) is 0 Å². The van der Waals surface area contributed by atoms with Crippen LogP contribution < -0.4 is 10.2 Å². The van der Waals surface area contributed by atoms with Crippen LogP contribution in [0.2, 0.25) is 0 Å². The minimum Gasteiger partial charge on any atom is -0.467 e. The molecule has 0 saturated carbocycles. The SMILES string of the molecule is CC[C@H](C)[C@H](NC(=O)C[NH+]1CCC[C@H](c2nc3ccccc3s2)C1)C(=O)OC. The fraction of sp³-hybridized carbons (Fsp3) is 0.571. The van der Waals surface area contributed by atoms with Gasteiger partial charge in [-0.25, -0.2) is 9.78 Å². The van der Waals surface area contributed by atoms with E-state index in [0.717, 1.165) is 37.9 Å². The summed E-state index contributed by atoms with van der Waals surface area (Å²) in [6, 6.07) is 7.65. The van der Waals surface area contributed by atoms with Crippen LogP contribution >= 0.6 is 11.3 Å². The van der Waals surface area contributed by atoms with Crippen LogP contribution in [0.3, 0.4) is 0 Å². The number of fused-ring (bicyclic) bond motifs is 1. The molecule has 1 aromatic carbocycles. The second-order valence-corrected chi connectivity index (χ2v) is 8.76. The molecule has 4 atom stereocenters. The van der Waals surface area contributed by atoms with Crippen LogP contribution in [0.5, 0.6) is 0 Å². The summed E-state index contributed by atoms with van der Waals surface area (Å²) in [5.74, 6) is -0.0254. The van der Waals surface area contributed by atoms with E-state index in [1.807, 2.05) is 26.0 Å². The standard InChI is InChI=1S/C21H29N3O3S/c1-4-14(2)19(21(26)27-3)23-18(25)13-24-11-7-8-15(12-24)20-22-16-9-5-6-10-17(16)28-20/h5-6,9-10,14-15,19H,4,7-8,11-13H2,1-3H3,(H,23,25)/p+1/t14-,15-,19-/m0/s1. The number of carbonyl (C=O) groups excluding carboxylic acids is 2. The monoisotopic (exact) mass is 404 g/mol. The van der Waals surface area contributed by atoms with E-state index in [-0.39, 0.29) is 17.8 Å². The fourth-order valence-electron chi connectivity index (χ4n) is 3.83. The van der Waals surface area contributed by atoms with Gasteiger partial charge >= 0.3 is 5.97 Å². The number of rotatable bonds is 7. The Morgan fingerprint density at radius 1 is 1.39 bits per heavy atom. The van der Waals surface area contributed by atoms with Crippen molar-refractivity contribution in [1.82, 2.24) is 10.3 Å². The lowest BCUT2D eigenvalue weighted by Gasteiger charge is -2.29. The molecule has 1 amide bonds. The molecule has 1 saturated heterocycles. The number of nitrogens with zero attached hydrogens (tertiary/aromatic N) is 1. The van der Waals surface area contributed by atoms with E-state index >= 15 is 0 Å². The summed E-state index contributed by atoms with van der Waals surface area (Å²) in [7, 11) is 1.36. The molecule has 0 radical (unpaired) electrons. The van der Waals surface area contributed by atoms with Crippen molar-refractivity contribution in [1.29, 1.82) is 0 Å². The molecular weight excluding hydrogens is 374 g/mol. The van der Waals surface area contributed by atoms with Crippen molar-refractivity contribution in [3.05, 3.63) is 29.3 Å². The van der Waals surface area contributed by atoms with Crippen LogP contribution in [0.4, 0.5) is 0 Å². The summed E-state index contributed by atoms with van der Waals surface area (Å²) in [6.07, 6.45) is 2.99. The first-order valence-corrected chi connectivity index (χ1v) is 10.9. The molecule has 0 spiro atoms. The van der Waals surface area contributed by atoms with E-state index in [1.165, 1.54) is 21.7 Å². The van der Waals surface area contributed by atoms with Gasteiger partial charge in [-0.1, -0.05) is 32.4 Å². The van der Waals surface area contributed by atoms with E-state index in [0.29, 0.717) is 12.5 Å². The smallest absolute Gasteiger partial charge is 0.328 e. The third-order valence-corrected chi connectivity index (χ3v) is 6.87. The Labute approximate surface area is 170 Å². The predicted octanol–water partition coefficient (Wildman–Crippen LogP) is 1.76. The van der Waals surface area contributed by atoms with Crippen LogP contribution in [-0.2, 0) is 14.3 Å². The Morgan fingerprint density at radius 3 is 2.89 bits per heavy atom. The molecule has 1 aromatic heterocycles. The number of hydrogen-bond donors (Lipinski definition) is 2. The number of amides is 1. The van der Waals surface area contributed by atoms with E-state index in [2.05, 4.69) is 17.4 Å². The molecule has 2 heterocycles. The first kappa shape index (κ1) is 20.7. The Bertz CT molecular complexity index is 789. The molecule has 1 unspecified atom stereocenters. The molecular formula is C21H30N3O3S+. The highest BCUT2D eigenvalue weighted by molar-refractivity contribution is 7.18. The minimum absolute atomic E-state index is 0.0447. The van der Waals surface area contributed by atoms with Gasteiger partial charge in [-0.2, -0.15) is 0 Å². The predicted molar refractivity (Wildman–Crippen MR) is 111 cm³/mol. The number of aromatic nitrogens is 1. The second-order valence-electron chi connectivity index (χ2n) is 7.69. The number of methoxy groups -OCH3 is 1. The maximum Gasteiger partial charge on any atom is 0.328 e. The van der Waals surface area contributed by atoms with Gasteiger partial charge in [0.05, 0.1) is 36.3 Å². The molecule has 2 N–H and O–H groups in total. The van der Waals surface area contributed by atoms with Crippen molar-refractivity contribution >= 4 is 33.4 Å². The third-order valence-electron chi connectivity index (χ3n) is 5.67. The van der Waals surface area contributed by atoms with Crippen LogP contribution in [0.15, 0.2) is 24.3 Å². The largest absolute Gasteiger partial charge is 0.467 e. The highest BCUT2D eigenvalue weighted by Gasteiger charge is 2.31. The van der Waals surface area contributed by atoms with Crippen molar-refractivity contribution in [2.75, 3.05) is 26.7 Å². The molecule has 28 heavy (non-hydrogen) atoms. The van der Waals surface area contributed by atoms with Gasteiger partial charge in [-0.15, -0.1) is 11.3 Å². The summed E-state index contributed by atoms with van der Waals surface area (Å²) in [4.78, 5) is 30.7. The van der Waals surface area contributed by atoms with E-state index < -0.39 is 6.04 Å². The maximum atomic E-state index is 12.6. The first-order chi connectivity index (χ1) is 13.5. The second kappa shape index (κ2) is 9.47. The molecule has 0 aliphatic carbocycles. The fourth-order valence-corrected chi connectivity index (χ4v) is 4.94. The molecule has 6 nitrogen and oxygen atoms in total. The van der Waals surface area contributed by atoms with Gasteiger partial charge in [-0.3, -0.25) is 4.79 Å². The number of esters is 1. The van der Waals surface area contributed by atoms with Gasteiger partial charge in [0.1, 0.15) is 11.0 Å². The number of para-hydroxylation sites is 1. The lowest BCUT2D eigenvalue weighted by molar-refractivity contribution is -0.898. The number of benzene rings is 1. The number of likely N-dealkylation sites (tertiary alicyclic amines) is 1. The number of ether oxygens (including phenoxy) is 1. The number of thiazole rings is 1. The number of carbonyl (C=O) groups is 2. The zero-order valence-corrected chi connectivity index (χ0v) is 17.7. The van der Waals surface area contributed by atoms with Gasteiger partial charge in [-0.05, 0) is 30.9 Å². The molecule has 0 bridgehead atoms. The lowest BCUT2D eigenvalue weighted by atomic mass is 9.98. The van der Waals surface area contributed by atoms with Crippen LogP contribution in [0.1, 0.15) is 44.0 Å². The third kappa shape index (κ3) is 4.89. The summed E-state index contributed by atoms with van der Waals surface area (Å²) < 4.78 is 6.08. The van der Waals surface area contributed by atoms with Crippen LogP contribution in [0.25, 0.3) is 10.2 Å². The van der Waals surface area contributed by atoms with Gasteiger partial charge < -0.3 is 15.0 Å². The molecule has 7 heteroatoms. The van der Waals surface area contributed by atoms with Gasteiger partial charge in [0.25, 0.3) is 5.91 Å². The molecule has 2 aromatic rings. The van der Waals surface area contributed by atoms with Crippen molar-refractivity contribution in [3.8, 4) is 0 Å². The highest BCUT2D eigenvalue weighted by Crippen LogP contribution is 2.30. The highest BCUT2D eigenvalue weighted by atomic mass is 32.1. The Morgan fingerprint density at radius 2 is 2.18 bits per heavy atom. The normalized spacial score (nSPS) is 21.8. The van der Waals surface area contributed by atoms with Gasteiger partial charge in [0.15, 0.2) is 6.54 Å². The average Bonchev–Trinajstić information content (AvgIpc) is 3.15. The quantitative estimate of drug-likeness (QED) is 0.690. The van der Waals surface area contributed by atoms with Gasteiger partial charge in [0, 0.05) is 0 Å². The topological polar surface area (TPSA) is 72.7 Å². The Balaban J connectivity index is 1.60. The lowest BCUT2D eigenvalue weighted by Crippen LogP contribution is -3.14.